The molecule has 0 amide bonds. The highest BCUT2D eigenvalue weighted by Gasteiger charge is 2.13. The molecule has 3 rings (SSSR count). The van der Waals surface area contributed by atoms with Gasteiger partial charge >= 0.3 is 0 Å². The minimum atomic E-state index is 0.346. The Morgan fingerprint density at radius 3 is 3.00 bits per heavy atom. The number of hydrogen-bond acceptors (Lipinski definition) is 3. The summed E-state index contributed by atoms with van der Waals surface area (Å²) in [6.45, 7) is 2.26. The van der Waals surface area contributed by atoms with Crippen molar-refractivity contribution in [1.29, 1.82) is 0 Å². The fourth-order valence-electron chi connectivity index (χ4n) is 1.92. The van der Waals surface area contributed by atoms with E-state index in [0.29, 0.717) is 12.2 Å². The maximum Gasteiger partial charge on any atom is 0.149 e. The summed E-state index contributed by atoms with van der Waals surface area (Å²) in [7, 11) is 0. The molecule has 0 atom stereocenters. The molecule has 80 valence electrons. The topological polar surface area (TPSA) is 39.4 Å². The van der Waals surface area contributed by atoms with Gasteiger partial charge in [-0.2, -0.15) is 0 Å². The summed E-state index contributed by atoms with van der Waals surface area (Å²) in [5, 5.41) is 1.03. The quantitative estimate of drug-likeness (QED) is 0.685. The summed E-state index contributed by atoms with van der Waals surface area (Å²) in [4.78, 5) is 10.7. The molecule has 0 spiro atoms. The molecule has 0 unspecified atom stereocenters. The van der Waals surface area contributed by atoms with E-state index in [0.717, 1.165) is 34.3 Å². The van der Waals surface area contributed by atoms with E-state index >= 15 is 0 Å². The Balaban J connectivity index is 2.24. The van der Waals surface area contributed by atoms with Gasteiger partial charge in [0, 0.05) is 16.5 Å². The summed E-state index contributed by atoms with van der Waals surface area (Å²) >= 11 is 0. The van der Waals surface area contributed by atoms with Gasteiger partial charge in [0.15, 0.2) is 0 Å². The summed E-state index contributed by atoms with van der Waals surface area (Å²) in [5.41, 5.74) is 2.37. The highest BCUT2D eigenvalue weighted by atomic mass is 16.5. The number of aryl methyl sites for hydroxylation is 1. The number of ether oxygens (including phenoxy) is 1. The Kier molecular flexibility index (Phi) is 1.86. The molecule has 2 aromatic rings. The number of fused-ring (bicyclic) bond motifs is 2. The predicted octanol–water partition coefficient (Wildman–Crippen LogP) is 2.72. The summed E-state index contributed by atoms with van der Waals surface area (Å²) in [5.74, 6) is 1.68. The number of rotatable bonds is 1. The van der Waals surface area contributed by atoms with Crippen molar-refractivity contribution in [2.24, 2.45) is 0 Å². The van der Waals surface area contributed by atoms with Crippen LogP contribution in [0.25, 0.3) is 17.0 Å². The first-order chi connectivity index (χ1) is 7.76. The molecule has 0 bridgehead atoms. The second kappa shape index (κ2) is 3.23. The largest absolute Gasteiger partial charge is 0.488 e. The lowest BCUT2D eigenvalue weighted by atomic mass is 10.1. The average Bonchev–Trinajstić information content (AvgIpc) is 2.64. The number of carbonyl (C=O) groups excluding carboxylic acids is 1. The standard InChI is InChI=1S/C13H10O3/c1-8-2-10-4-12-11(5-13(10)16-8)3-9(6-14)7-15-12/h2-6H,7H2,1H3. The highest BCUT2D eigenvalue weighted by molar-refractivity contribution is 5.89. The number of aldehydes is 1. The number of benzene rings is 1. The Bertz CT molecular complexity index is 605. The molecule has 0 saturated heterocycles. The van der Waals surface area contributed by atoms with Crippen molar-refractivity contribution >= 4 is 23.3 Å². The lowest BCUT2D eigenvalue weighted by Crippen LogP contribution is -2.07. The molecule has 16 heavy (non-hydrogen) atoms. The van der Waals surface area contributed by atoms with Crippen LogP contribution in [0.4, 0.5) is 0 Å². The maximum absolute atomic E-state index is 10.7. The van der Waals surface area contributed by atoms with Crippen molar-refractivity contribution in [3.05, 3.63) is 35.1 Å². The summed E-state index contributed by atoms with van der Waals surface area (Å²) in [6.07, 6.45) is 2.66. The van der Waals surface area contributed by atoms with E-state index in [9.17, 15) is 4.79 Å². The van der Waals surface area contributed by atoms with Gasteiger partial charge in [-0.15, -0.1) is 0 Å². The first kappa shape index (κ1) is 9.21. The minimum Gasteiger partial charge on any atom is -0.488 e. The Morgan fingerprint density at radius 2 is 2.19 bits per heavy atom. The lowest BCUT2D eigenvalue weighted by molar-refractivity contribution is -0.105. The van der Waals surface area contributed by atoms with E-state index in [1.807, 2.05) is 31.2 Å². The van der Waals surface area contributed by atoms with Gasteiger partial charge in [-0.1, -0.05) is 0 Å². The van der Waals surface area contributed by atoms with E-state index in [4.69, 9.17) is 9.15 Å². The van der Waals surface area contributed by atoms with Crippen molar-refractivity contribution in [3.8, 4) is 5.75 Å². The lowest BCUT2D eigenvalue weighted by Gasteiger charge is -2.14. The third kappa shape index (κ3) is 1.33. The normalized spacial score (nSPS) is 14.2. The molecule has 3 heteroatoms. The third-order valence-electron chi connectivity index (χ3n) is 2.66. The first-order valence-electron chi connectivity index (χ1n) is 5.09. The molecule has 1 aliphatic heterocycles. The van der Waals surface area contributed by atoms with Crippen LogP contribution in [0, 0.1) is 6.92 Å². The second-order valence-electron chi connectivity index (χ2n) is 3.91. The summed E-state index contributed by atoms with van der Waals surface area (Å²) < 4.78 is 11.0. The zero-order valence-electron chi connectivity index (χ0n) is 8.82. The predicted molar refractivity (Wildman–Crippen MR) is 60.5 cm³/mol. The van der Waals surface area contributed by atoms with Crippen LogP contribution in [-0.4, -0.2) is 12.9 Å². The van der Waals surface area contributed by atoms with Crippen molar-refractivity contribution in [3.63, 3.8) is 0 Å². The average molecular weight is 214 g/mol. The molecule has 0 saturated carbocycles. The molecular formula is C13H10O3. The molecule has 0 aliphatic carbocycles. The van der Waals surface area contributed by atoms with Crippen molar-refractivity contribution in [2.45, 2.75) is 6.92 Å². The fraction of sp³-hybridized carbons (Fsp3) is 0.154. The van der Waals surface area contributed by atoms with E-state index in [2.05, 4.69) is 0 Å². The molecular weight excluding hydrogens is 204 g/mol. The van der Waals surface area contributed by atoms with Gasteiger partial charge in [-0.3, -0.25) is 4.79 Å². The number of carbonyl (C=O) groups is 1. The van der Waals surface area contributed by atoms with Gasteiger partial charge in [-0.25, -0.2) is 0 Å². The van der Waals surface area contributed by atoms with Crippen LogP contribution in [0.3, 0.4) is 0 Å². The molecule has 1 aromatic heterocycles. The summed E-state index contributed by atoms with van der Waals surface area (Å²) in [6, 6.07) is 5.82. The minimum absolute atomic E-state index is 0.346. The van der Waals surface area contributed by atoms with E-state index < -0.39 is 0 Å². The van der Waals surface area contributed by atoms with Crippen LogP contribution < -0.4 is 4.74 Å². The van der Waals surface area contributed by atoms with Crippen LogP contribution in [0.2, 0.25) is 0 Å². The third-order valence-corrected chi connectivity index (χ3v) is 2.66. The van der Waals surface area contributed by atoms with Gasteiger partial charge in [0.1, 0.15) is 30.0 Å². The van der Waals surface area contributed by atoms with Crippen molar-refractivity contribution in [1.82, 2.24) is 0 Å². The Morgan fingerprint density at radius 1 is 1.31 bits per heavy atom. The van der Waals surface area contributed by atoms with E-state index in [1.165, 1.54) is 0 Å². The molecule has 1 aliphatic rings. The van der Waals surface area contributed by atoms with Crippen LogP contribution in [0.15, 0.2) is 28.2 Å². The maximum atomic E-state index is 10.7. The zero-order valence-corrected chi connectivity index (χ0v) is 8.82. The van der Waals surface area contributed by atoms with Gasteiger partial charge in [-0.05, 0) is 31.2 Å². The molecule has 1 aromatic carbocycles. The van der Waals surface area contributed by atoms with Crippen LogP contribution in [0.1, 0.15) is 11.3 Å². The molecule has 2 heterocycles. The second-order valence-corrected chi connectivity index (χ2v) is 3.91. The number of furan rings is 1. The van der Waals surface area contributed by atoms with Crippen molar-refractivity contribution < 1.29 is 13.9 Å². The SMILES string of the molecule is Cc1cc2cc3c(cc2o1)C=C(C=O)CO3. The smallest absolute Gasteiger partial charge is 0.149 e. The fourth-order valence-corrected chi connectivity index (χ4v) is 1.92. The van der Waals surface area contributed by atoms with Gasteiger partial charge in [0.2, 0.25) is 0 Å². The zero-order chi connectivity index (χ0) is 11.1. The molecule has 3 nitrogen and oxygen atoms in total. The van der Waals surface area contributed by atoms with Crippen LogP contribution >= 0.6 is 0 Å². The van der Waals surface area contributed by atoms with Crippen LogP contribution in [-0.2, 0) is 4.79 Å². The van der Waals surface area contributed by atoms with E-state index in [1.54, 1.807) is 0 Å². The highest BCUT2D eigenvalue weighted by Crippen LogP contribution is 2.32. The van der Waals surface area contributed by atoms with Crippen molar-refractivity contribution in [2.75, 3.05) is 6.61 Å². The first-order valence-corrected chi connectivity index (χ1v) is 5.09. The Labute approximate surface area is 92.3 Å². The Hall–Kier alpha value is -2.03. The molecule has 0 N–H and O–H groups in total. The number of hydrogen-bond donors (Lipinski definition) is 0. The van der Waals surface area contributed by atoms with Gasteiger partial charge in [0.05, 0.1) is 0 Å². The van der Waals surface area contributed by atoms with E-state index in [-0.39, 0.29) is 0 Å². The monoisotopic (exact) mass is 214 g/mol. The van der Waals surface area contributed by atoms with Gasteiger partial charge in [0.25, 0.3) is 0 Å². The van der Waals surface area contributed by atoms with Gasteiger partial charge < -0.3 is 9.15 Å². The molecule has 0 radical (unpaired) electrons. The van der Waals surface area contributed by atoms with Crippen LogP contribution in [0.5, 0.6) is 5.75 Å². The molecule has 0 fully saturated rings.